The predicted molar refractivity (Wildman–Crippen MR) is 81.7 cm³/mol. The van der Waals surface area contributed by atoms with Gasteiger partial charge in [-0.15, -0.1) is 0 Å². The molecule has 6 heteroatoms. The summed E-state index contributed by atoms with van der Waals surface area (Å²) < 4.78 is 10.3. The lowest BCUT2D eigenvalue weighted by Gasteiger charge is -2.29. The smallest absolute Gasteiger partial charge is 0.261 e. The molecule has 1 aliphatic rings. The number of benzene rings is 1. The lowest BCUT2D eigenvalue weighted by atomic mass is 10.1. The van der Waals surface area contributed by atoms with Crippen LogP contribution in [-0.4, -0.2) is 25.5 Å². The van der Waals surface area contributed by atoms with Crippen molar-refractivity contribution in [3.63, 3.8) is 0 Å². The molecule has 112 valence electrons. The number of nitrogens with one attached hydrogen (secondary N) is 1. The Kier molecular flexibility index (Phi) is 3.42. The van der Waals surface area contributed by atoms with Crippen LogP contribution in [0.3, 0.4) is 0 Å². The van der Waals surface area contributed by atoms with E-state index in [-0.39, 0.29) is 23.9 Å². The number of furan rings is 1. The molecule has 0 spiro atoms. The third-order valence-electron chi connectivity index (χ3n) is 3.39. The number of hydrogen-bond acceptors (Lipinski definition) is 4. The second kappa shape index (κ2) is 5.40. The molecule has 0 aliphatic carbocycles. The van der Waals surface area contributed by atoms with Gasteiger partial charge >= 0.3 is 0 Å². The Bertz CT molecular complexity index is 750. The summed E-state index contributed by atoms with van der Waals surface area (Å²) >= 11 is 0. The van der Waals surface area contributed by atoms with Gasteiger partial charge in [-0.1, -0.05) is 6.58 Å². The first-order valence-electron chi connectivity index (χ1n) is 6.62. The highest BCUT2D eigenvalue weighted by atomic mass is 16.5. The Labute approximate surface area is 127 Å². The van der Waals surface area contributed by atoms with E-state index in [1.165, 1.54) is 18.3 Å². The zero-order valence-electron chi connectivity index (χ0n) is 12.0. The summed E-state index contributed by atoms with van der Waals surface area (Å²) in [7, 11) is 1.54. The first kappa shape index (κ1) is 13.9. The number of rotatable bonds is 3. The zero-order chi connectivity index (χ0) is 15.7. The number of ether oxygens (including phenoxy) is 1. The summed E-state index contributed by atoms with van der Waals surface area (Å²) in [6.07, 6.45) is 1.47. The van der Waals surface area contributed by atoms with E-state index in [4.69, 9.17) is 9.15 Å². The van der Waals surface area contributed by atoms with Gasteiger partial charge in [0.1, 0.15) is 18.1 Å². The van der Waals surface area contributed by atoms with Gasteiger partial charge in [0.05, 0.1) is 30.3 Å². The molecule has 1 N–H and O–H groups in total. The second-order valence-electron chi connectivity index (χ2n) is 4.78. The van der Waals surface area contributed by atoms with E-state index in [0.717, 1.165) is 0 Å². The molecule has 0 atom stereocenters. The topological polar surface area (TPSA) is 71.8 Å². The van der Waals surface area contributed by atoms with E-state index in [1.807, 2.05) is 0 Å². The van der Waals surface area contributed by atoms with Crippen LogP contribution in [0, 0.1) is 0 Å². The Morgan fingerprint density at radius 2 is 2.23 bits per heavy atom. The molecule has 3 rings (SSSR count). The number of amides is 2. The van der Waals surface area contributed by atoms with Crippen molar-refractivity contribution in [1.29, 1.82) is 0 Å². The number of hydrogen-bond donors (Lipinski definition) is 1. The molecule has 0 unspecified atom stereocenters. The maximum absolute atomic E-state index is 12.6. The molecule has 0 saturated carbocycles. The number of fused-ring (bicyclic) bond motifs is 1. The molecule has 0 radical (unpaired) electrons. The third kappa shape index (κ3) is 2.35. The van der Waals surface area contributed by atoms with Gasteiger partial charge in [0, 0.05) is 6.07 Å². The summed E-state index contributed by atoms with van der Waals surface area (Å²) in [6, 6.07) is 8.45. The molecule has 0 fully saturated rings. The number of carbonyl (C=O) groups is 2. The van der Waals surface area contributed by atoms with Crippen molar-refractivity contribution in [2.45, 2.75) is 0 Å². The molecule has 2 amide bonds. The standard InChI is InChI=1S/C16H14N2O4/c1-10(14-4-3-7-22-14)16(20)18-9-15(19)17-12-8-11(21-2)5-6-13(12)18/h3-8H,1,9H2,2H3,(H,17,19). The first-order chi connectivity index (χ1) is 10.6. The SMILES string of the molecule is C=C(C(=O)N1CC(=O)Nc2cc(OC)ccc21)c1ccco1. The third-order valence-corrected chi connectivity index (χ3v) is 3.39. The first-order valence-corrected chi connectivity index (χ1v) is 6.62. The fourth-order valence-corrected chi connectivity index (χ4v) is 2.30. The number of methoxy groups -OCH3 is 1. The van der Waals surface area contributed by atoms with Crippen LogP contribution in [0.15, 0.2) is 47.6 Å². The summed E-state index contributed by atoms with van der Waals surface area (Å²) in [4.78, 5) is 25.8. The monoisotopic (exact) mass is 298 g/mol. The van der Waals surface area contributed by atoms with Crippen LogP contribution in [0.25, 0.3) is 5.57 Å². The summed E-state index contributed by atoms with van der Waals surface area (Å²) in [5.74, 6) is 0.321. The van der Waals surface area contributed by atoms with Gasteiger partial charge < -0.3 is 14.5 Å². The molecule has 6 nitrogen and oxygen atoms in total. The van der Waals surface area contributed by atoms with Crippen molar-refractivity contribution >= 4 is 28.8 Å². The molecule has 2 aromatic rings. The molecule has 0 saturated heterocycles. The van der Waals surface area contributed by atoms with Crippen LogP contribution in [0.4, 0.5) is 11.4 Å². The molecule has 22 heavy (non-hydrogen) atoms. The molecule has 0 bridgehead atoms. The fraction of sp³-hybridized carbons (Fsp3) is 0.125. The lowest BCUT2D eigenvalue weighted by molar-refractivity contribution is -0.118. The number of anilines is 2. The van der Waals surface area contributed by atoms with Crippen molar-refractivity contribution in [3.8, 4) is 5.75 Å². The van der Waals surface area contributed by atoms with Gasteiger partial charge in [0.2, 0.25) is 5.91 Å². The van der Waals surface area contributed by atoms with Crippen molar-refractivity contribution in [2.75, 3.05) is 23.9 Å². The van der Waals surface area contributed by atoms with Gasteiger partial charge in [-0.3, -0.25) is 14.5 Å². The van der Waals surface area contributed by atoms with E-state index in [9.17, 15) is 9.59 Å². The largest absolute Gasteiger partial charge is 0.497 e. The van der Waals surface area contributed by atoms with Crippen LogP contribution in [0.5, 0.6) is 5.75 Å². The molecular weight excluding hydrogens is 284 g/mol. The predicted octanol–water partition coefficient (Wildman–Crippen LogP) is 2.29. The Morgan fingerprint density at radius 3 is 2.91 bits per heavy atom. The molecule has 1 aromatic carbocycles. The maximum Gasteiger partial charge on any atom is 0.261 e. The second-order valence-corrected chi connectivity index (χ2v) is 4.78. The van der Waals surface area contributed by atoms with E-state index >= 15 is 0 Å². The molecule has 1 aliphatic heterocycles. The quantitative estimate of drug-likeness (QED) is 0.882. The maximum atomic E-state index is 12.6. The Balaban J connectivity index is 1.97. The van der Waals surface area contributed by atoms with Crippen LogP contribution >= 0.6 is 0 Å². The van der Waals surface area contributed by atoms with Gasteiger partial charge in [0.25, 0.3) is 5.91 Å². The molecule has 1 aromatic heterocycles. The minimum absolute atomic E-state index is 0.0715. The van der Waals surface area contributed by atoms with Gasteiger partial charge in [-0.2, -0.15) is 0 Å². The number of nitrogens with zero attached hydrogens (tertiary/aromatic N) is 1. The van der Waals surface area contributed by atoms with Gasteiger partial charge in [-0.05, 0) is 24.3 Å². The normalized spacial score (nSPS) is 13.3. The summed E-state index contributed by atoms with van der Waals surface area (Å²) in [5, 5.41) is 2.73. The highest BCUT2D eigenvalue weighted by molar-refractivity contribution is 6.28. The summed E-state index contributed by atoms with van der Waals surface area (Å²) in [5.41, 5.74) is 1.32. The van der Waals surface area contributed by atoms with Gasteiger partial charge in [0.15, 0.2) is 0 Å². The lowest BCUT2D eigenvalue weighted by Crippen LogP contribution is -2.42. The average Bonchev–Trinajstić information content (AvgIpc) is 3.06. The van der Waals surface area contributed by atoms with Crippen molar-refractivity contribution in [1.82, 2.24) is 0 Å². The van der Waals surface area contributed by atoms with E-state index in [2.05, 4.69) is 11.9 Å². The van der Waals surface area contributed by atoms with Crippen molar-refractivity contribution in [3.05, 3.63) is 48.9 Å². The molecular formula is C16H14N2O4. The fourth-order valence-electron chi connectivity index (χ4n) is 2.30. The Morgan fingerprint density at radius 1 is 1.41 bits per heavy atom. The van der Waals surface area contributed by atoms with Crippen LogP contribution in [0.1, 0.15) is 5.76 Å². The van der Waals surface area contributed by atoms with E-state index in [0.29, 0.717) is 22.9 Å². The zero-order valence-corrected chi connectivity index (χ0v) is 12.0. The number of carbonyl (C=O) groups excluding carboxylic acids is 2. The van der Waals surface area contributed by atoms with Crippen LogP contribution < -0.4 is 15.0 Å². The van der Waals surface area contributed by atoms with Crippen LogP contribution in [-0.2, 0) is 9.59 Å². The highest BCUT2D eigenvalue weighted by Gasteiger charge is 2.29. The van der Waals surface area contributed by atoms with E-state index in [1.54, 1.807) is 30.3 Å². The van der Waals surface area contributed by atoms with E-state index < -0.39 is 0 Å². The highest BCUT2D eigenvalue weighted by Crippen LogP contribution is 2.34. The minimum Gasteiger partial charge on any atom is -0.497 e. The minimum atomic E-state index is -0.379. The summed E-state index contributed by atoms with van der Waals surface area (Å²) in [6.45, 7) is 3.69. The van der Waals surface area contributed by atoms with Crippen LogP contribution in [0.2, 0.25) is 0 Å². The van der Waals surface area contributed by atoms with Gasteiger partial charge in [-0.25, -0.2) is 0 Å². The van der Waals surface area contributed by atoms with Crippen molar-refractivity contribution in [2.24, 2.45) is 0 Å². The van der Waals surface area contributed by atoms with Crippen molar-refractivity contribution < 1.29 is 18.7 Å². The average molecular weight is 298 g/mol. The Hall–Kier alpha value is -3.02. The molecule has 2 heterocycles.